The number of halogens is 1. The monoisotopic (exact) mass is 224 g/mol. The van der Waals surface area contributed by atoms with Crippen molar-refractivity contribution >= 4 is 15.9 Å². The van der Waals surface area contributed by atoms with Crippen LogP contribution in [0.25, 0.3) is 0 Å². The topological polar surface area (TPSA) is 18.5 Å². The highest BCUT2D eigenvalue weighted by Crippen LogP contribution is 2.29. The zero-order chi connectivity index (χ0) is 9.07. The van der Waals surface area contributed by atoms with Crippen molar-refractivity contribution in [3.05, 3.63) is 0 Å². The smallest absolute Gasteiger partial charge is 0.169 e. The lowest BCUT2D eigenvalue weighted by Crippen LogP contribution is -2.35. The van der Waals surface area contributed by atoms with E-state index >= 15 is 0 Å². The van der Waals surface area contributed by atoms with Gasteiger partial charge in [0, 0.05) is 14.2 Å². The minimum Gasteiger partial charge on any atom is -0.355 e. The van der Waals surface area contributed by atoms with Gasteiger partial charge in [0.2, 0.25) is 0 Å². The molecular formula is C8H17BrO2. The SMILES string of the molecule is COC(OC)C(Br)C(C)(C)C. The summed E-state index contributed by atoms with van der Waals surface area (Å²) in [6.45, 7) is 6.41. The lowest BCUT2D eigenvalue weighted by Gasteiger charge is -2.30. The van der Waals surface area contributed by atoms with E-state index in [1.54, 1.807) is 14.2 Å². The van der Waals surface area contributed by atoms with Crippen LogP contribution in [-0.2, 0) is 9.47 Å². The molecule has 0 heterocycles. The van der Waals surface area contributed by atoms with Crippen molar-refractivity contribution in [2.24, 2.45) is 5.41 Å². The molecule has 0 aliphatic carbocycles. The first-order chi connectivity index (χ1) is 4.93. The van der Waals surface area contributed by atoms with Gasteiger partial charge in [0.15, 0.2) is 6.29 Å². The summed E-state index contributed by atoms with van der Waals surface area (Å²) in [6, 6.07) is 0. The lowest BCUT2D eigenvalue weighted by molar-refractivity contribution is -0.113. The molecule has 0 saturated heterocycles. The van der Waals surface area contributed by atoms with Crippen molar-refractivity contribution in [1.29, 1.82) is 0 Å². The van der Waals surface area contributed by atoms with Gasteiger partial charge in [-0.05, 0) is 5.41 Å². The van der Waals surface area contributed by atoms with E-state index in [4.69, 9.17) is 9.47 Å². The summed E-state index contributed by atoms with van der Waals surface area (Å²) in [6.07, 6.45) is -0.171. The van der Waals surface area contributed by atoms with E-state index in [1.165, 1.54) is 0 Å². The van der Waals surface area contributed by atoms with Crippen molar-refractivity contribution in [2.45, 2.75) is 31.9 Å². The fourth-order valence-electron chi connectivity index (χ4n) is 0.743. The summed E-state index contributed by atoms with van der Waals surface area (Å²) in [5.41, 5.74) is 0.149. The van der Waals surface area contributed by atoms with Crippen LogP contribution < -0.4 is 0 Å². The maximum Gasteiger partial charge on any atom is 0.169 e. The molecule has 11 heavy (non-hydrogen) atoms. The Morgan fingerprint density at radius 1 is 1.09 bits per heavy atom. The summed E-state index contributed by atoms with van der Waals surface area (Å²) in [7, 11) is 3.29. The highest BCUT2D eigenvalue weighted by atomic mass is 79.9. The van der Waals surface area contributed by atoms with Gasteiger partial charge in [0.25, 0.3) is 0 Å². The maximum absolute atomic E-state index is 5.12. The molecule has 0 rings (SSSR count). The second kappa shape index (κ2) is 4.43. The quantitative estimate of drug-likeness (QED) is 0.542. The Hall–Kier alpha value is 0.400. The Morgan fingerprint density at radius 2 is 1.45 bits per heavy atom. The molecule has 0 N–H and O–H groups in total. The second-order valence-corrected chi connectivity index (χ2v) is 4.59. The predicted octanol–water partition coefficient (Wildman–Crippen LogP) is 2.41. The van der Waals surface area contributed by atoms with Crippen molar-refractivity contribution in [1.82, 2.24) is 0 Å². The minimum absolute atomic E-state index is 0.149. The molecule has 0 spiro atoms. The van der Waals surface area contributed by atoms with E-state index in [-0.39, 0.29) is 16.5 Å². The summed E-state index contributed by atoms with van der Waals surface area (Å²) < 4.78 is 10.2. The van der Waals surface area contributed by atoms with Gasteiger partial charge in [0.05, 0.1) is 4.83 Å². The molecule has 0 aliphatic heterocycles. The van der Waals surface area contributed by atoms with E-state index in [2.05, 4.69) is 36.7 Å². The zero-order valence-electron chi connectivity index (χ0n) is 7.85. The highest BCUT2D eigenvalue weighted by molar-refractivity contribution is 9.09. The fraction of sp³-hybridized carbons (Fsp3) is 1.00. The first-order valence-corrected chi connectivity index (χ1v) is 4.54. The molecule has 2 nitrogen and oxygen atoms in total. The van der Waals surface area contributed by atoms with E-state index in [9.17, 15) is 0 Å². The van der Waals surface area contributed by atoms with E-state index in [0.29, 0.717) is 0 Å². The number of alkyl halides is 1. The normalized spacial score (nSPS) is 15.5. The fourth-order valence-corrected chi connectivity index (χ4v) is 1.18. The molecule has 1 atom stereocenters. The second-order valence-electron chi connectivity index (χ2n) is 3.61. The van der Waals surface area contributed by atoms with E-state index in [0.717, 1.165) is 0 Å². The van der Waals surface area contributed by atoms with Gasteiger partial charge >= 0.3 is 0 Å². The number of rotatable bonds is 3. The van der Waals surface area contributed by atoms with Gasteiger partial charge in [-0.25, -0.2) is 0 Å². The number of hydrogen-bond acceptors (Lipinski definition) is 2. The third-order valence-corrected chi connectivity index (χ3v) is 3.34. The molecule has 0 aromatic heterocycles. The Bertz CT molecular complexity index is 105. The van der Waals surface area contributed by atoms with Gasteiger partial charge in [-0.3, -0.25) is 0 Å². The Kier molecular flexibility index (Phi) is 4.59. The molecule has 68 valence electrons. The number of hydrogen-bond donors (Lipinski definition) is 0. The summed E-state index contributed by atoms with van der Waals surface area (Å²) in [4.78, 5) is 0.213. The molecule has 0 aromatic rings. The van der Waals surface area contributed by atoms with E-state index in [1.807, 2.05) is 0 Å². The van der Waals surface area contributed by atoms with Crippen LogP contribution in [0, 0.1) is 5.41 Å². The van der Waals surface area contributed by atoms with Gasteiger partial charge in [0.1, 0.15) is 0 Å². The van der Waals surface area contributed by atoms with E-state index < -0.39 is 0 Å². The molecule has 0 radical (unpaired) electrons. The molecule has 0 aliphatic rings. The maximum atomic E-state index is 5.12. The molecule has 0 aromatic carbocycles. The molecule has 0 saturated carbocycles. The Morgan fingerprint density at radius 3 is 1.55 bits per heavy atom. The highest BCUT2D eigenvalue weighted by Gasteiger charge is 2.29. The first kappa shape index (κ1) is 11.4. The van der Waals surface area contributed by atoms with Gasteiger partial charge in [-0.1, -0.05) is 36.7 Å². The van der Waals surface area contributed by atoms with Crippen LogP contribution in [0.1, 0.15) is 20.8 Å². The largest absolute Gasteiger partial charge is 0.355 e. The average molecular weight is 225 g/mol. The first-order valence-electron chi connectivity index (χ1n) is 3.63. The lowest BCUT2D eigenvalue weighted by atomic mass is 9.92. The van der Waals surface area contributed by atoms with Crippen LogP contribution in [0.3, 0.4) is 0 Å². The van der Waals surface area contributed by atoms with Crippen LogP contribution in [0.5, 0.6) is 0 Å². The summed E-state index contributed by atoms with van der Waals surface area (Å²) >= 11 is 3.54. The molecule has 0 fully saturated rings. The summed E-state index contributed by atoms with van der Waals surface area (Å²) in [5.74, 6) is 0. The van der Waals surface area contributed by atoms with Crippen molar-refractivity contribution < 1.29 is 9.47 Å². The number of methoxy groups -OCH3 is 2. The zero-order valence-corrected chi connectivity index (χ0v) is 9.44. The van der Waals surface area contributed by atoms with Crippen LogP contribution in [0.4, 0.5) is 0 Å². The molecular weight excluding hydrogens is 208 g/mol. The number of ether oxygens (including phenoxy) is 2. The van der Waals surface area contributed by atoms with Crippen molar-refractivity contribution in [3.8, 4) is 0 Å². The minimum atomic E-state index is -0.171. The predicted molar refractivity (Wildman–Crippen MR) is 50.0 cm³/mol. The standard InChI is InChI=1S/C8H17BrO2/c1-8(2,3)6(9)7(10-4)11-5/h6-7H,1-5H3. The van der Waals surface area contributed by atoms with Crippen LogP contribution >= 0.6 is 15.9 Å². The van der Waals surface area contributed by atoms with Crippen LogP contribution in [0.15, 0.2) is 0 Å². The van der Waals surface area contributed by atoms with Crippen molar-refractivity contribution in [2.75, 3.05) is 14.2 Å². The summed E-state index contributed by atoms with van der Waals surface area (Å²) in [5, 5.41) is 0. The molecule has 3 heteroatoms. The van der Waals surface area contributed by atoms with Crippen molar-refractivity contribution in [3.63, 3.8) is 0 Å². The third kappa shape index (κ3) is 3.54. The third-order valence-electron chi connectivity index (χ3n) is 1.53. The molecule has 1 unspecified atom stereocenters. The molecule has 0 bridgehead atoms. The Labute approximate surface area is 77.4 Å². The average Bonchev–Trinajstić information content (AvgIpc) is 1.88. The van der Waals surface area contributed by atoms with Gasteiger partial charge in [-0.15, -0.1) is 0 Å². The van der Waals surface area contributed by atoms with Gasteiger partial charge in [-0.2, -0.15) is 0 Å². The van der Waals surface area contributed by atoms with Crippen LogP contribution in [0.2, 0.25) is 0 Å². The van der Waals surface area contributed by atoms with Crippen LogP contribution in [-0.4, -0.2) is 25.3 Å². The Balaban J connectivity index is 4.09. The molecule has 0 amide bonds. The van der Waals surface area contributed by atoms with Gasteiger partial charge < -0.3 is 9.47 Å².